The molecule has 0 amide bonds. The monoisotopic (exact) mass is 254 g/mol. The van der Waals surface area contributed by atoms with Crippen molar-refractivity contribution in [3.8, 4) is 5.75 Å². The molecule has 1 N–H and O–H groups in total. The topological polar surface area (TPSA) is 29.5 Å². The minimum absolute atomic E-state index is 0.303. The molecule has 0 aromatic heterocycles. The number of benzene rings is 2. The average Bonchev–Trinajstić information content (AvgIpc) is 3.31. The second-order valence-corrected chi connectivity index (χ2v) is 5.13. The number of hydrogen-bond acceptors (Lipinski definition) is 2. The average molecular weight is 254 g/mol. The molecule has 1 saturated carbocycles. The Morgan fingerprint density at radius 3 is 2.32 bits per heavy atom. The van der Waals surface area contributed by atoms with Gasteiger partial charge in [-0.2, -0.15) is 0 Å². The maximum absolute atomic E-state index is 10.0. The van der Waals surface area contributed by atoms with E-state index in [0.29, 0.717) is 12.5 Å². The molecule has 0 radical (unpaired) electrons. The summed E-state index contributed by atoms with van der Waals surface area (Å²) in [5, 5.41) is 10.0. The first-order chi connectivity index (χ1) is 9.33. The molecule has 1 aliphatic carbocycles. The Kier molecular flexibility index (Phi) is 3.51. The van der Waals surface area contributed by atoms with Crippen LogP contribution in [0, 0.1) is 5.92 Å². The van der Waals surface area contributed by atoms with Gasteiger partial charge in [0.25, 0.3) is 0 Å². The standard InChI is InChI=1S/C17H18O2/c18-17(14-6-7-14)15-8-10-16(11-9-15)19-12-13-4-2-1-3-5-13/h1-5,8-11,14,17-18H,6-7,12H2. The maximum Gasteiger partial charge on any atom is 0.119 e. The fourth-order valence-corrected chi connectivity index (χ4v) is 2.19. The molecule has 2 aromatic carbocycles. The minimum atomic E-state index is -0.303. The van der Waals surface area contributed by atoms with Gasteiger partial charge in [0, 0.05) is 0 Å². The third-order valence-corrected chi connectivity index (χ3v) is 3.54. The zero-order chi connectivity index (χ0) is 13.1. The number of aliphatic hydroxyl groups excluding tert-OH is 1. The molecule has 19 heavy (non-hydrogen) atoms. The summed E-state index contributed by atoms with van der Waals surface area (Å²) < 4.78 is 5.72. The normalized spacial score (nSPS) is 16.1. The van der Waals surface area contributed by atoms with Crippen molar-refractivity contribution in [2.24, 2.45) is 5.92 Å². The zero-order valence-corrected chi connectivity index (χ0v) is 10.8. The molecule has 1 unspecified atom stereocenters. The lowest BCUT2D eigenvalue weighted by atomic mass is 10.1. The highest BCUT2D eigenvalue weighted by molar-refractivity contribution is 5.29. The smallest absolute Gasteiger partial charge is 0.119 e. The first kappa shape index (κ1) is 12.2. The Hall–Kier alpha value is -1.80. The van der Waals surface area contributed by atoms with E-state index in [-0.39, 0.29) is 6.10 Å². The van der Waals surface area contributed by atoms with Crippen LogP contribution in [0.5, 0.6) is 5.75 Å². The van der Waals surface area contributed by atoms with E-state index < -0.39 is 0 Å². The van der Waals surface area contributed by atoms with Gasteiger partial charge in [-0.15, -0.1) is 0 Å². The van der Waals surface area contributed by atoms with E-state index in [1.807, 2.05) is 54.6 Å². The van der Waals surface area contributed by atoms with Crippen LogP contribution in [0.25, 0.3) is 0 Å². The third kappa shape index (κ3) is 3.15. The van der Waals surface area contributed by atoms with E-state index in [2.05, 4.69) is 0 Å². The molecule has 2 heteroatoms. The van der Waals surface area contributed by atoms with E-state index >= 15 is 0 Å². The summed E-state index contributed by atoms with van der Waals surface area (Å²) in [5.74, 6) is 1.31. The van der Waals surface area contributed by atoms with Crippen LogP contribution in [0.4, 0.5) is 0 Å². The van der Waals surface area contributed by atoms with Crippen molar-refractivity contribution in [3.63, 3.8) is 0 Å². The van der Waals surface area contributed by atoms with E-state index in [1.165, 1.54) is 0 Å². The SMILES string of the molecule is OC(c1ccc(OCc2ccccc2)cc1)C1CC1. The summed E-state index contributed by atoms with van der Waals surface area (Å²) in [6.45, 7) is 0.575. The van der Waals surface area contributed by atoms with Gasteiger partial charge in [0.2, 0.25) is 0 Å². The van der Waals surface area contributed by atoms with Crippen LogP contribution < -0.4 is 4.74 Å². The van der Waals surface area contributed by atoms with E-state index in [9.17, 15) is 5.11 Å². The van der Waals surface area contributed by atoms with Crippen LogP contribution in [-0.4, -0.2) is 5.11 Å². The van der Waals surface area contributed by atoms with Gasteiger partial charge in [-0.05, 0) is 42.0 Å². The molecule has 0 saturated heterocycles. The van der Waals surface area contributed by atoms with Crippen LogP contribution in [0.2, 0.25) is 0 Å². The number of rotatable bonds is 5. The van der Waals surface area contributed by atoms with E-state index in [0.717, 1.165) is 29.7 Å². The lowest BCUT2D eigenvalue weighted by molar-refractivity contribution is 0.153. The van der Waals surface area contributed by atoms with Crippen molar-refractivity contribution >= 4 is 0 Å². The summed E-state index contributed by atoms with van der Waals surface area (Å²) in [7, 11) is 0. The van der Waals surface area contributed by atoms with Crippen molar-refractivity contribution in [3.05, 3.63) is 65.7 Å². The highest BCUT2D eigenvalue weighted by Crippen LogP contribution is 2.41. The lowest BCUT2D eigenvalue weighted by Gasteiger charge is -2.11. The van der Waals surface area contributed by atoms with Crippen molar-refractivity contribution < 1.29 is 9.84 Å². The third-order valence-electron chi connectivity index (χ3n) is 3.54. The molecule has 1 aliphatic rings. The Labute approximate surface area is 113 Å². The lowest BCUT2D eigenvalue weighted by Crippen LogP contribution is -2.00. The zero-order valence-electron chi connectivity index (χ0n) is 10.8. The largest absolute Gasteiger partial charge is 0.489 e. The molecular weight excluding hydrogens is 236 g/mol. The van der Waals surface area contributed by atoms with Crippen LogP contribution in [0.3, 0.4) is 0 Å². The van der Waals surface area contributed by atoms with Gasteiger partial charge in [0.1, 0.15) is 12.4 Å². The molecule has 2 nitrogen and oxygen atoms in total. The number of aliphatic hydroxyl groups is 1. The van der Waals surface area contributed by atoms with Crippen LogP contribution in [-0.2, 0) is 6.61 Å². The highest BCUT2D eigenvalue weighted by atomic mass is 16.5. The highest BCUT2D eigenvalue weighted by Gasteiger charge is 2.30. The summed E-state index contributed by atoms with van der Waals surface area (Å²) >= 11 is 0. The number of hydrogen-bond donors (Lipinski definition) is 1. The van der Waals surface area contributed by atoms with Gasteiger partial charge in [-0.1, -0.05) is 42.5 Å². The van der Waals surface area contributed by atoms with Gasteiger partial charge in [-0.3, -0.25) is 0 Å². The molecule has 0 aliphatic heterocycles. The van der Waals surface area contributed by atoms with E-state index in [1.54, 1.807) is 0 Å². The Morgan fingerprint density at radius 1 is 1.00 bits per heavy atom. The van der Waals surface area contributed by atoms with Crippen LogP contribution >= 0.6 is 0 Å². The summed E-state index contributed by atoms with van der Waals surface area (Å²) in [6, 6.07) is 17.9. The first-order valence-electron chi connectivity index (χ1n) is 6.78. The first-order valence-corrected chi connectivity index (χ1v) is 6.78. The molecule has 1 fully saturated rings. The van der Waals surface area contributed by atoms with Crippen molar-refractivity contribution in [1.82, 2.24) is 0 Å². The van der Waals surface area contributed by atoms with Gasteiger partial charge in [0.15, 0.2) is 0 Å². The molecule has 0 bridgehead atoms. The summed E-state index contributed by atoms with van der Waals surface area (Å²) in [5.41, 5.74) is 2.15. The molecule has 98 valence electrons. The predicted molar refractivity (Wildman–Crippen MR) is 74.9 cm³/mol. The molecule has 3 rings (SSSR count). The van der Waals surface area contributed by atoms with Crippen LogP contribution in [0.15, 0.2) is 54.6 Å². The second kappa shape index (κ2) is 5.45. The van der Waals surface area contributed by atoms with Gasteiger partial charge in [0.05, 0.1) is 6.10 Å². The molecule has 0 spiro atoms. The molecule has 2 aromatic rings. The Morgan fingerprint density at radius 2 is 1.68 bits per heavy atom. The predicted octanol–water partition coefficient (Wildman–Crippen LogP) is 3.71. The quantitative estimate of drug-likeness (QED) is 0.881. The minimum Gasteiger partial charge on any atom is -0.489 e. The maximum atomic E-state index is 10.0. The Balaban J connectivity index is 1.59. The fraction of sp³-hybridized carbons (Fsp3) is 0.294. The fourth-order valence-electron chi connectivity index (χ4n) is 2.19. The molecule has 0 heterocycles. The van der Waals surface area contributed by atoms with Crippen molar-refractivity contribution in [2.45, 2.75) is 25.6 Å². The Bertz CT molecular complexity index is 515. The second-order valence-electron chi connectivity index (χ2n) is 5.13. The van der Waals surface area contributed by atoms with Crippen molar-refractivity contribution in [2.75, 3.05) is 0 Å². The summed E-state index contributed by atoms with van der Waals surface area (Å²) in [4.78, 5) is 0. The van der Waals surface area contributed by atoms with Gasteiger partial charge in [-0.25, -0.2) is 0 Å². The molecule has 1 atom stereocenters. The van der Waals surface area contributed by atoms with Gasteiger partial charge >= 0.3 is 0 Å². The van der Waals surface area contributed by atoms with Crippen molar-refractivity contribution in [1.29, 1.82) is 0 Å². The summed E-state index contributed by atoms with van der Waals surface area (Å²) in [6.07, 6.45) is 1.99. The van der Waals surface area contributed by atoms with E-state index in [4.69, 9.17) is 4.74 Å². The van der Waals surface area contributed by atoms with Crippen LogP contribution in [0.1, 0.15) is 30.1 Å². The molecular formula is C17H18O2. The van der Waals surface area contributed by atoms with Gasteiger partial charge < -0.3 is 9.84 Å². The number of ether oxygens (including phenoxy) is 1.